The molecule has 0 unspecified atom stereocenters. The van der Waals surface area contributed by atoms with E-state index >= 15 is 0 Å². The van der Waals surface area contributed by atoms with Crippen LogP contribution in [0, 0.1) is 5.92 Å². The van der Waals surface area contributed by atoms with Crippen LogP contribution in [0.3, 0.4) is 0 Å². The molecule has 2 rings (SSSR count). The number of hydrogen-bond acceptors (Lipinski definition) is 6. The Kier molecular flexibility index (Phi) is 7.27. The van der Waals surface area contributed by atoms with Crippen molar-refractivity contribution in [1.29, 1.82) is 0 Å². The van der Waals surface area contributed by atoms with E-state index in [0.717, 1.165) is 30.7 Å². The van der Waals surface area contributed by atoms with Gasteiger partial charge < -0.3 is 10.1 Å². The van der Waals surface area contributed by atoms with Crippen LogP contribution in [0.15, 0.2) is 16.3 Å². The number of nitrogens with one attached hydrogen (secondary N) is 1. The summed E-state index contributed by atoms with van der Waals surface area (Å²) in [6.07, 6.45) is 1.66. The largest absolute Gasteiger partial charge is 0.465 e. The lowest BCUT2D eigenvalue weighted by molar-refractivity contribution is 0.0602. The van der Waals surface area contributed by atoms with Crippen LogP contribution in [-0.4, -0.2) is 52.5 Å². The van der Waals surface area contributed by atoms with Crippen LogP contribution < -0.4 is 5.32 Å². The first-order valence-electron chi connectivity index (χ1n) is 6.81. The van der Waals surface area contributed by atoms with Crippen molar-refractivity contribution in [3.05, 3.63) is 16.3 Å². The number of carbonyl (C=O) groups is 1. The van der Waals surface area contributed by atoms with E-state index in [4.69, 9.17) is 0 Å². The third kappa shape index (κ3) is 3.99. The van der Waals surface area contributed by atoms with Gasteiger partial charge in [-0.05, 0) is 43.8 Å². The third-order valence-corrected chi connectivity index (χ3v) is 6.65. The molecule has 1 fully saturated rings. The minimum absolute atomic E-state index is 0. The molecule has 9 heteroatoms. The Balaban J connectivity index is 0.00000242. The zero-order valence-corrected chi connectivity index (χ0v) is 15.0. The van der Waals surface area contributed by atoms with Gasteiger partial charge in [-0.1, -0.05) is 0 Å². The number of halogens is 1. The Morgan fingerprint density at radius 3 is 2.64 bits per heavy atom. The topological polar surface area (TPSA) is 75.7 Å². The Morgan fingerprint density at radius 1 is 1.45 bits per heavy atom. The van der Waals surface area contributed by atoms with Gasteiger partial charge in [0.05, 0.1) is 7.11 Å². The van der Waals surface area contributed by atoms with Crippen molar-refractivity contribution in [1.82, 2.24) is 9.62 Å². The molecule has 1 aliphatic heterocycles. The Labute approximate surface area is 141 Å². The first-order valence-corrected chi connectivity index (χ1v) is 9.13. The standard InChI is InChI=1S/C13H20N2O4S2.ClH/c1-14-9-10-3-6-15(7-4-10)21(17,18)11-5-8-20-12(11)13(16)19-2;/h5,8,10,14H,3-4,6-7,9H2,1-2H3;1H. The van der Waals surface area contributed by atoms with Gasteiger partial charge in [-0.2, -0.15) is 4.31 Å². The second kappa shape index (κ2) is 8.26. The SMILES string of the molecule is CNCC1CCN(S(=O)(=O)c2ccsc2C(=O)OC)CC1.Cl. The number of carbonyl (C=O) groups excluding carboxylic acids is 1. The summed E-state index contributed by atoms with van der Waals surface area (Å²) in [6.45, 7) is 1.88. The normalized spacial score (nSPS) is 17.0. The van der Waals surface area contributed by atoms with Crippen molar-refractivity contribution < 1.29 is 17.9 Å². The summed E-state index contributed by atoms with van der Waals surface area (Å²) < 4.78 is 31.4. The van der Waals surface area contributed by atoms with Crippen molar-refractivity contribution in [2.24, 2.45) is 5.92 Å². The summed E-state index contributed by atoms with van der Waals surface area (Å²) in [5, 5.41) is 4.73. The average Bonchev–Trinajstić information content (AvgIpc) is 2.97. The highest BCUT2D eigenvalue weighted by Crippen LogP contribution is 2.28. The van der Waals surface area contributed by atoms with E-state index in [0.29, 0.717) is 19.0 Å². The van der Waals surface area contributed by atoms with Crippen LogP contribution in [0.2, 0.25) is 0 Å². The minimum Gasteiger partial charge on any atom is -0.465 e. The molecule has 22 heavy (non-hydrogen) atoms. The Bertz CT molecular complexity index is 595. The van der Waals surface area contributed by atoms with E-state index in [-0.39, 0.29) is 22.2 Å². The average molecular weight is 369 g/mol. The molecule has 0 spiro atoms. The molecular formula is C13H21ClN2O4S2. The molecule has 0 saturated carbocycles. The maximum Gasteiger partial charge on any atom is 0.349 e. The second-order valence-corrected chi connectivity index (χ2v) is 7.83. The molecule has 0 atom stereocenters. The predicted octanol–water partition coefficient (Wildman–Crippen LogP) is 1.58. The lowest BCUT2D eigenvalue weighted by Crippen LogP contribution is -2.40. The van der Waals surface area contributed by atoms with E-state index in [1.807, 2.05) is 7.05 Å². The number of hydrogen-bond donors (Lipinski definition) is 1. The number of esters is 1. The molecule has 1 N–H and O–H groups in total. The van der Waals surface area contributed by atoms with Gasteiger partial charge >= 0.3 is 5.97 Å². The zero-order valence-electron chi connectivity index (χ0n) is 12.6. The molecule has 0 aromatic carbocycles. The predicted molar refractivity (Wildman–Crippen MR) is 88.3 cm³/mol. The fourth-order valence-corrected chi connectivity index (χ4v) is 5.30. The summed E-state index contributed by atoms with van der Waals surface area (Å²) in [4.78, 5) is 11.9. The molecule has 0 bridgehead atoms. The van der Waals surface area contributed by atoms with Crippen LogP contribution in [-0.2, 0) is 14.8 Å². The van der Waals surface area contributed by atoms with E-state index in [2.05, 4.69) is 10.1 Å². The molecule has 1 aromatic rings. The number of ether oxygens (including phenoxy) is 1. The molecule has 1 aliphatic rings. The Morgan fingerprint density at radius 2 is 2.09 bits per heavy atom. The molecule has 0 amide bonds. The van der Waals surface area contributed by atoms with Gasteiger partial charge in [0.1, 0.15) is 9.77 Å². The second-order valence-electron chi connectivity index (χ2n) is 5.01. The van der Waals surface area contributed by atoms with Crippen molar-refractivity contribution in [3.8, 4) is 0 Å². The van der Waals surface area contributed by atoms with Gasteiger partial charge in [0.25, 0.3) is 0 Å². The fraction of sp³-hybridized carbons (Fsp3) is 0.615. The van der Waals surface area contributed by atoms with E-state index in [1.54, 1.807) is 5.38 Å². The summed E-state index contributed by atoms with van der Waals surface area (Å²) in [5.41, 5.74) is 0. The number of thiophene rings is 1. The molecular weight excluding hydrogens is 348 g/mol. The van der Waals surface area contributed by atoms with Crippen LogP contribution >= 0.6 is 23.7 Å². The summed E-state index contributed by atoms with van der Waals surface area (Å²) in [6, 6.07) is 1.48. The van der Waals surface area contributed by atoms with Crippen molar-refractivity contribution in [3.63, 3.8) is 0 Å². The van der Waals surface area contributed by atoms with Gasteiger partial charge in [0.2, 0.25) is 10.0 Å². The highest BCUT2D eigenvalue weighted by atomic mass is 35.5. The summed E-state index contributed by atoms with van der Waals surface area (Å²) in [7, 11) is -0.469. The smallest absolute Gasteiger partial charge is 0.349 e. The summed E-state index contributed by atoms with van der Waals surface area (Å²) >= 11 is 1.09. The van der Waals surface area contributed by atoms with Gasteiger partial charge in [-0.25, -0.2) is 13.2 Å². The van der Waals surface area contributed by atoms with Gasteiger partial charge in [-0.15, -0.1) is 23.7 Å². The van der Waals surface area contributed by atoms with Crippen LogP contribution in [0.1, 0.15) is 22.5 Å². The van der Waals surface area contributed by atoms with Gasteiger partial charge in [-0.3, -0.25) is 0 Å². The molecule has 0 radical (unpaired) electrons. The number of nitrogens with zero attached hydrogens (tertiary/aromatic N) is 1. The number of rotatable bonds is 5. The van der Waals surface area contributed by atoms with Crippen LogP contribution in [0.4, 0.5) is 0 Å². The van der Waals surface area contributed by atoms with Crippen molar-refractivity contribution >= 4 is 39.7 Å². The lowest BCUT2D eigenvalue weighted by atomic mass is 9.98. The number of methoxy groups -OCH3 is 1. The number of piperidine rings is 1. The van der Waals surface area contributed by atoms with Crippen molar-refractivity contribution in [2.75, 3.05) is 33.8 Å². The molecule has 1 aromatic heterocycles. The maximum atomic E-state index is 12.7. The molecule has 2 heterocycles. The van der Waals surface area contributed by atoms with Crippen LogP contribution in [0.25, 0.3) is 0 Å². The first kappa shape index (κ1) is 19.4. The van der Waals surface area contributed by atoms with Gasteiger partial charge in [0.15, 0.2) is 0 Å². The van der Waals surface area contributed by atoms with E-state index < -0.39 is 16.0 Å². The monoisotopic (exact) mass is 368 g/mol. The van der Waals surface area contributed by atoms with Crippen molar-refractivity contribution in [2.45, 2.75) is 17.7 Å². The first-order chi connectivity index (χ1) is 10.0. The molecule has 1 saturated heterocycles. The third-order valence-electron chi connectivity index (χ3n) is 3.68. The highest BCUT2D eigenvalue weighted by molar-refractivity contribution is 7.89. The lowest BCUT2D eigenvalue weighted by Gasteiger charge is -2.31. The van der Waals surface area contributed by atoms with Crippen LogP contribution in [0.5, 0.6) is 0 Å². The van der Waals surface area contributed by atoms with E-state index in [1.165, 1.54) is 17.5 Å². The maximum absolute atomic E-state index is 12.7. The zero-order chi connectivity index (χ0) is 15.5. The van der Waals surface area contributed by atoms with E-state index in [9.17, 15) is 13.2 Å². The molecule has 126 valence electrons. The Hall–Kier alpha value is -0.670. The van der Waals surface area contributed by atoms with Gasteiger partial charge in [0, 0.05) is 13.1 Å². The summed E-state index contributed by atoms with van der Waals surface area (Å²) in [5.74, 6) is -0.0994. The fourth-order valence-electron chi connectivity index (χ4n) is 2.52. The molecule has 0 aliphatic carbocycles. The number of sulfonamides is 1. The minimum atomic E-state index is -3.62. The quantitative estimate of drug-likeness (QED) is 0.798. The highest BCUT2D eigenvalue weighted by Gasteiger charge is 2.33. The molecule has 6 nitrogen and oxygen atoms in total.